The van der Waals surface area contributed by atoms with E-state index >= 15 is 0 Å². The van der Waals surface area contributed by atoms with Crippen molar-refractivity contribution in [1.29, 1.82) is 0 Å². The fraction of sp³-hybridized carbons (Fsp3) is 0.143. The molecule has 2 nitrogen and oxygen atoms in total. The highest BCUT2D eigenvalue weighted by atomic mass is 19.4. The summed E-state index contributed by atoms with van der Waals surface area (Å²) >= 11 is 0. The standard InChI is InChI=1S/C14H11F5N2/c15-10-2-3-11(16)8(5-10)7-21-13-4-1-9(6-12(13)20)14(17,18)19/h1-6,21H,7,20H2. The van der Waals surface area contributed by atoms with Gasteiger partial charge in [0.1, 0.15) is 11.6 Å². The molecule has 112 valence electrons. The molecule has 2 rings (SSSR count). The average Bonchev–Trinajstić information content (AvgIpc) is 2.40. The van der Waals surface area contributed by atoms with Gasteiger partial charge in [-0.3, -0.25) is 0 Å². The van der Waals surface area contributed by atoms with E-state index in [1.165, 1.54) is 0 Å². The van der Waals surface area contributed by atoms with Gasteiger partial charge in [0.25, 0.3) is 0 Å². The van der Waals surface area contributed by atoms with Crippen molar-refractivity contribution >= 4 is 11.4 Å². The number of nitrogens with one attached hydrogen (secondary N) is 1. The molecule has 0 aliphatic carbocycles. The second-order valence-electron chi connectivity index (χ2n) is 4.39. The molecule has 7 heteroatoms. The minimum Gasteiger partial charge on any atom is -0.397 e. The van der Waals surface area contributed by atoms with Crippen LogP contribution in [0.5, 0.6) is 0 Å². The van der Waals surface area contributed by atoms with E-state index in [9.17, 15) is 22.0 Å². The number of halogens is 5. The zero-order chi connectivity index (χ0) is 15.6. The van der Waals surface area contributed by atoms with Crippen LogP contribution in [0.1, 0.15) is 11.1 Å². The number of benzene rings is 2. The zero-order valence-corrected chi connectivity index (χ0v) is 10.6. The van der Waals surface area contributed by atoms with Crippen molar-refractivity contribution in [1.82, 2.24) is 0 Å². The highest BCUT2D eigenvalue weighted by molar-refractivity contribution is 5.67. The first-order valence-electron chi connectivity index (χ1n) is 5.92. The fourth-order valence-corrected chi connectivity index (χ4v) is 1.77. The molecule has 2 aromatic carbocycles. The van der Waals surface area contributed by atoms with Crippen molar-refractivity contribution in [3.05, 3.63) is 59.2 Å². The third kappa shape index (κ3) is 3.62. The predicted octanol–water partition coefficient (Wildman–Crippen LogP) is 4.18. The summed E-state index contributed by atoms with van der Waals surface area (Å²) in [5.41, 5.74) is 4.79. The van der Waals surface area contributed by atoms with Crippen LogP contribution in [0.4, 0.5) is 33.3 Å². The predicted molar refractivity (Wildman–Crippen MR) is 69.5 cm³/mol. The Morgan fingerprint density at radius 3 is 2.33 bits per heavy atom. The number of hydrogen-bond donors (Lipinski definition) is 2. The molecule has 0 saturated heterocycles. The number of alkyl halides is 3. The van der Waals surface area contributed by atoms with Gasteiger partial charge in [0.15, 0.2) is 0 Å². The summed E-state index contributed by atoms with van der Waals surface area (Å²) in [5.74, 6) is -1.22. The Bertz CT molecular complexity index is 652. The molecule has 0 bridgehead atoms. The van der Waals surface area contributed by atoms with Crippen molar-refractivity contribution in [2.45, 2.75) is 12.7 Å². The minimum absolute atomic E-state index is 0.0503. The lowest BCUT2D eigenvalue weighted by molar-refractivity contribution is -0.137. The Kier molecular flexibility index (Phi) is 4.02. The second kappa shape index (κ2) is 5.59. The molecule has 2 aromatic rings. The summed E-state index contributed by atoms with van der Waals surface area (Å²) in [6.45, 7) is -0.0981. The van der Waals surface area contributed by atoms with Gasteiger partial charge in [0.2, 0.25) is 0 Å². The van der Waals surface area contributed by atoms with Gasteiger partial charge >= 0.3 is 6.18 Å². The van der Waals surface area contributed by atoms with Crippen molar-refractivity contribution in [2.24, 2.45) is 0 Å². The van der Waals surface area contributed by atoms with E-state index in [-0.39, 0.29) is 23.5 Å². The Balaban J connectivity index is 2.15. The van der Waals surface area contributed by atoms with Gasteiger partial charge in [-0.1, -0.05) is 0 Å². The van der Waals surface area contributed by atoms with Crippen molar-refractivity contribution < 1.29 is 22.0 Å². The maximum absolute atomic E-state index is 13.4. The van der Waals surface area contributed by atoms with Crippen molar-refractivity contribution in [2.75, 3.05) is 11.1 Å². The van der Waals surface area contributed by atoms with Crippen LogP contribution in [0.3, 0.4) is 0 Å². The first kappa shape index (κ1) is 15.1. The largest absolute Gasteiger partial charge is 0.416 e. The third-order valence-corrected chi connectivity index (χ3v) is 2.86. The highest BCUT2D eigenvalue weighted by Crippen LogP contribution is 2.32. The first-order chi connectivity index (χ1) is 9.77. The summed E-state index contributed by atoms with van der Waals surface area (Å²) in [4.78, 5) is 0. The van der Waals surface area contributed by atoms with Gasteiger partial charge in [-0.25, -0.2) is 8.78 Å². The molecule has 0 saturated carbocycles. The first-order valence-corrected chi connectivity index (χ1v) is 5.92. The van der Waals surface area contributed by atoms with Crippen LogP contribution < -0.4 is 11.1 Å². The molecule has 0 aromatic heterocycles. The van der Waals surface area contributed by atoms with Crippen LogP contribution in [-0.2, 0) is 12.7 Å². The number of nitrogens with two attached hydrogens (primary N) is 1. The molecule has 0 atom stereocenters. The Morgan fingerprint density at radius 2 is 1.71 bits per heavy atom. The average molecular weight is 302 g/mol. The smallest absolute Gasteiger partial charge is 0.397 e. The minimum atomic E-state index is -4.48. The van der Waals surface area contributed by atoms with Crippen LogP contribution in [0.2, 0.25) is 0 Å². The Hall–Kier alpha value is -2.31. The third-order valence-electron chi connectivity index (χ3n) is 2.86. The summed E-state index contributed by atoms with van der Waals surface area (Å²) in [7, 11) is 0. The monoisotopic (exact) mass is 302 g/mol. The Labute approximate surface area is 117 Å². The SMILES string of the molecule is Nc1cc(C(F)(F)F)ccc1NCc1cc(F)ccc1F. The molecule has 0 spiro atoms. The van der Waals surface area contributed by atoms with Crippen LogP contribution in [0.15, 0.2) is 36.4 Å². The molecule has 0 amide bonds. The topological polar surface area (TPSA) is 38.0 Å². The van der Waals surface area contributed by atoms with Crippen LogP contribution >= 0.6 is 0 Å². The molecule has 0 aliphatic rings. The number of anilines is 2. The molecule has 21 heavy (non-hydrogen) atoms. The van der Waals surface area contributed by atoms with E-state index in [1.54, 1.807) is 0 Å². The van der Waals surface area contributed by atoms with Gasteiger partial charge in [0, 0.05) is 12.1 Å². The molecule has 0 heterocycles. The normalized spacial score (nSPS) is 11.5. The molecular weight excluding hydrogens is 291 g/mol. The molecule has 0 unspecified atom stereocenters. The summed E-state index contributed by atoms with van der Waals surface area (Å²) in [5, 5.41) is 2.68. The van der Waals surface area contributed by atoms with Crippen LogP contribution in [-0.4, -0.2) is 0 Å². The number of nitrogen functional groups attached to an aromatic ring is 1. The lowest BCUT2D eigenvalue weighted by Crippen LogP contribution is -2.08. The van der Waals surface area contributed by atoms with E-state index in [1.807, 2.05) is 0 Å². The molecule has 0 aliphatic heterocycles. The second-order valence-corrected chi connectivity index (χ2v) is 4.39. The maximum Gasteiger partial charge on any atom is 0.416 e. The van der Waals surface area contributed by atoms with Crippen molar-refractivity contribution in [3.63, 3.8) is 0 Å². The van der Waals surface area contributed by atoms with Gasteiger partial charge in [-0.2, -0.15) is 13.2 Å². The lowest BCUT2D eigenvalue weighted by atomic mass is 10.1. The van der Waals surface area contributed by atoms with Crippen LogP contribution in [0, 0.1) is 11.6 Å². The zero-order valence-electron chi connectivity index (χ0n) is 10.6. The van der Waals surface area contributed by atoms with Gasteiger partial charge in [-0.05, 0) is 36.4 Å². The number of rotatable bonds is 3. The van der Waals surface area contributed by atoms with E-state index in [2.05, 4.69) is 5.32 Å². The fourth-order valence-electron chi connectivity index (χ4n) is 1.77. The summed E-state index contributed by atoms with van der Waals surface area (Å²) in [6.07, 6.45) is -4.48. The van der Waals surface area contributed by atoms with E-state index in [0.717, 1.165) is 36.4 Å². The quantitative estimate of drug-likeness (QED) is 0.659. The molecule has 0 fully saturated rings. The molecular formula is C14H11F5N2. The van der Waals surface area contributed by atoms with Crippen LogP contribution in [0.25, 0.3) is 0 Å². The van der Waals surface area contributed by atoms with Gasteiger partial charge < -0.3 is 11.1 Å². The lowest BCUT2D eigenvalue weighted by Gasteiger charge is -2.13. The summed E-state index contributed by atoms with van der Waals surface area (Å²) in [6, 6.07) is 5.75. The maximum atomic E-state index is 13.4. The van der Waals surface area contributed by atoms with E-state index in [0.29, 0.717) is 0 Å². The highest BCUT2D eigenvalue weighted by Gasteiger charge is 2.30. The van der Waals surface area contributed by atoms with E-state index in [4.69, 9.17) is 5.73 Å². The van der Waals surface area contributed by atoms with E-state index < -0.39 is 23.4 Å². The molecule has 0 radical (unpaired) electrons. The summed E-state index contributed by atoms with van der Waals surface area (Å²) < 4.78 is 63.8. The Morgan fingerprint density at radius 1 is 1.00 bits per heavy atom. The number of hydrogen-bond acceptors (Lipinski definition) is 2. The van der Waals surface area contributed by atoms with Crippen molar-refractivity contribution in [3.8, 4) is 0 Å². The van der Waals surface area contributed by atoms with Gasteiger partial charge in [-0.15, -0.1) is 0 Å². The van der Waals surface area contributed by atoms with Gasteiger partial charge in [0.05, 0.1) is 16.9 Å². The molecule has 3 N–H and O–H groups in total.